The van der Waals surface area contributed by atoms with Crippen molar-refractivity contribution in [3.05, 3.63) is 23.7 Å². The summed E-state index contributed by atoms with van der Waals surface area (Å²) in [5, 5.41) is 9.56. The molecule has 1 fully saturated rings. The molecule has 1 unspecified atom stereocenters. The summed E-state index contributed by atoms with van der Waals surface area (Å²) in [7, 11) is 1.78. The number of nitrogens with zero attached hydrogens (tertiary/aromatic N) is 2. The molecule has 1 aliphatic heterocycles. The zero-order valence-electron chi connectivity index (χ0n) is 16.0. The van der Waals surface area contributed by atoms with Crippen LogP contribution in [-0.2, 0) is 0 Å². The van der Waals surface area contributed by atoms with Gasteiger partial charge >= 0.3 is 0 Å². The number of guanidine groups is 1. The maximum atomic E-state index is 11.9. The molecule has 0 saturated carbocycles. The number of aliphatic imine (C=N–C) groups is 1. The zero-order chi connectivity index (χ0) is 18.1. The number of aryl methyl sites for hydroxylation is 1. The number of likely N-dealkylation sites (tertiary alicyclic amines) is 1. The molecule has 0 radical (unpaired) electrons. The minimum Gasteiger partial charge on any atom is -0.459 e. The highest BCUT2D eigenvalue weighted by Crippen LogP contribution is 2.15. The first-order chi connectivity index (χ1) is 12.2. The van der Waals surface area contributed by atoms with Crippen LogP contribution in [-0.4, -0.2) is 62.6 Å². The maximum absolute atomic E-state index is 11.9. The number of carbonyl (C=O) groups excluding carboxylic acids is 1. The van der Waals surface area contributed by atoms with E-state index in [1.54, 1.807) is 13.1 Å². The third-order valence-electron chi connectivity index (χ3n) is 4.63. The molecule has 1 aliphatic rings. The smallest absolute Gasteiger partial charge is 0.287 e. The van der Waals surface area contributed by atoms with Crippen LogP contribution in [0.2, 0.25) is 0 Å². The molecule has 0 aromatic carbocycles. The standard InChI is InChI=1S/C18H31N5O2.HI/c1-4-23-11-5-7-15(23)13-22-18(19-3)21-10-6-9-20-17(24)16-14(2)8-12-25-16;/h8,12,15H,4-7,9-11,13H2,1-3H3,(H,20,24)(H2,19,21,22);1H. The lowest BCUT2D eigenvalue weighted by Crippen LogP contribution is -2.45. The van der Waals surface area contributed by atoms with Crippen LogP contribution in [0.5, 0.6) is 0 Å². The summed E-state index contributed by atoms with van der Waals surface area (Å²) < 4.78 is 5.18. The van der Waals surface area contributed by atoms with E-state index in [-0.39, 0.29) is 29.9 Å². The van der Waals surface area contributed by atoms with E-state index in [9.17, 15) is 4.79 Å². The quantitative estimate of drug-likeness (QED) is 0.231. The number of likely N-dealkylation sites (N-methyl/N-ethyl adjacent to an activating group) is 1. The predicted octanol–water partition coefficient (Wildman–Crippen LogP) is 1.98. The molecule has 2 heterocycles. The third kappa shape index (κ3) is 6.79. The Hall–Kier alpha value is -1.29. The van der Waals surface area contributed by atoms with Gasteiger partial charge in [0.15, 0.2) is 11.7 Å². The fourth-order valence-electron chi connectivity index (χ4n) is 3.16. The lowest BCUT2D eigenvalue weighted by molar-refractivity contribution is 0.0925. The highest BCUT2D eigenvalue weighted by Gasteiger charge is 2.22. The lowest BCUT2D eigenvalue weighted by atomic mass is 10.2. The van der Waals surface area contributed by atoms with Gasteiger partial charge in [-0.15, -0.1) is 24.0 Å². The summed E-state index contributed by atoms with van der Waals surface area (Å²) in [6.07, 6.45) is 4.87. The normalized spacial score (nSPS) is 17.7. The summed E-state index contributed by atoms with van der Waals surface area (Å²) in [5.41, 5.74) is 0.855. The monoisotopic (exact) mass is 477 g/mol. The second kappa shape index (κ2) is 12.2. The first-order valence-corrected chi connectivity index (χ1v) is 9.16. The SMILES string of the molecule is CCN1CCCC1CNC(=NC)NCCCNC(=O)c1occc1C.I. The summed E-state index contributed by atoms with van der Waals surface area (Å²) in [6, 6.07) is 2.38. The van der Waals surface area contributed by atoms with Gasteiger partial charge in [0.1, 0.15) is 0 Å². The van der Waals surface area contributed by atoms with Crippen LogP contribution in [0.25, 0.3) is 0 Å². The summed E-state index contributed by atoms with van der Waals surface area (Å²) in [6.45, 7) is 8.64. The molecule has 1 saturated heterocycles. The number of amides is 1. The van der Waals surface area contributed by atoms with Gasteiger partial charge in [0.25, 0.3) is 5.91 Å². The topological polar surface area (TPSA) is 81.9 Å². The van der Waals surface area contributed by atoms with Crippen LogP contribution < -0.4 is 16.0 Å². The van der Waals surface area contributed by atoms with Crippen molar-refractivity contribution in [3.63, 3.8) is 0 Å². The van der Waals surface area contributed by atoms with Gasteiger partial charge in [-0.1, -0.05) is 6.92 Å². The van der Waals surface area contributed by atoms with E-state index in [1.807, 2.05) is 6.92 Å². The number of halogens is 1. The molecule has 148 valence electrons. The number of hydrogen-bond acceptors (Lipinski definition) is 4. The second-order valence-corrected chi connectivity index (χ2v) is 6.35. The molecular weight excluding hydrogens is 445 g/mol. The van der Waals surface area contributed by atoms with Gasteiger partial charge in [0.05, 0.1) is 6.26 Å². The van der Waals surface area contributed by atoms with Crippen LogP contribution in [0.4, 0.5) is 0 Å². The summed E-state index contributed by atoms with van der Waals surface area (Å²) >= 11 is 0. The predicted molar refractivity (Wildman–Crippen MR) is 115 cm³/mol. The van der Waals surface area contributed by atoms with Crippen LogP contribution in [0.3, 0.4) is 0 Å². The molecule has 0 bridgehead atoms. The Kier molecular flexibility index (Phi) is 10.6. The van der Waals surface area contributed by atoms with Crippen molar-refractivity contribution in [1.82, 2.24) is 20.9 Å². The first-order valence-electron chi connectivity index (χ1n) is 9.16. The van der Waals surface area contributed by atoms with Crippen molar-refractivity contribution in [2.24, 2.45) is 4.99 Å². The fraction of sp³-hybridized carbons (Fsp3) is 0.667. The highest BCUT2D eigenvalue weighted by molar-refractivity contribution is 14.0. The van der Waals surface area contributed by atoms with Gasteiger partial charge in [0, 0.05) is 38.3 Å². The average molecular weight is 477 g/mol. The molecule has 1 aromatic rings. The molecule has 0 aliphatic carbocycles. The van der Waals surface area contributed by atoms with Gasteiger partial charge in [-0.3, -0.25) is 14.7 Å². The van der Waals surface area contributed by atoms with Crippen LogP contribution in [0.15, 0.2) is 21.7 Å². The van der Waals surface area contributed by atoms with Crippen molar-refractivity contribution in [3.8, 4) is 0 Å². The van der Waals surface area contributed by atoms with Gasteiger partial charge in [-0.05, 0) is 45.3 Å². The van der Waals surface area contributed by atoms with E-state index in [0.717, 1.165) is 37.6 Å². The minimum atomic E-state index is -0.161. The lowest BCUT2D eigenvalue weighted by Gasteiger charge is -2.24. The molecule has 1 atom stereocenters. The molecule has 3 N–H and O–H groups in total. The van der Waals surface area contributed by atoms with Gasteiger partial charge in [-0.2, -0.15) is 0 Å². The number of hydrogen-bond donors (Lipinski definition) is 3. The zero-order valence-corrected chi connectivity index (χ0v) is 18.3. The molecule has 26 heavy (non-hydrogen) atoms. The molecule has 1 aromatic heterocycles. The number of carbonyl (C=O) groups is 1. The summed E-state index contributed by atoms with van der Waals surface area (Å²) in [4.78, 5) is 18.7. The molecule has 8 heteroatoms. The molecule has 7 nitrogen and oxygen atoms in total. The van der Waals surface area contributed by atoms with Crippen molar-refractivity contribution in [1.29, 1.82) is 0 Å². The maximum Gasteiger partial charge on any atom is 0.287 e. The Bertz CT molecular complexity index is 576. The molecule has 0 spiro atoms. The van der Waals surface area contributed by atoms with Crippen molar-refractivity contribution >= 4 is 35.8 Å². The van der Waals surface area contributed by atoms with E-state index in [1.165, 1.54) is 25.6 Å². The molecular formula is C18H32IN5O2. The largest absolute Gasteiger partial charge is 0.459 e. The van der Waals surface area contributed by atoms with E-state index < -0.39 is 0 Å². The van der Waals surface area contributed by atoms with Crippen molar-refractivity contribution in [2.75, 3.05) is 39.8 Å². The van der Waals surface area contributed by atoms with Gasteiger partial charge < -0.3 is 20.4 Å². The summed E-state index contributed by atoms with van der Waals surface area (Å²) in [5.74, 6) is 1.05. The number of furan rings is 1. The molecule has 2 rings (SSSR count). The van der Waals surface area contributed by atoms with Crippen molar-refractivity contribution < 1.29 is 9.21 Å². The van der Waals surface area contributed by atoms with E-state index in [0.29, 0.717) is 18.3 Å². The van der Waals surface area contributed by atoms with Crippen LogP contribution >= 0.6 is 24.0 Å². The van der Waals surface area contributed by atoms with Gasteiger partial charge in [0.2, 0.25) is 0 Å². The van der Waals surface area contributed by atoms with E-state index in [2.05, 4.69) is 32.8 Å². The van der Waals surface area contributed by atoms with Gasteiger partial charge in [-0.25, -0.2) is 0 Å². The average Bonchev–Trinajstić information content (AvgIpc) is 3.25. The Balaban J connectivity index is 0.00000338. The Labute approximate surface area is 173 Å². The van der Waals surface area contributed by atoms with Crippen molar-refractivity contribution in [2.45, 2.75) is 39.2 Å². The molecule has 1 amide bonds. The van der Waals surface area contributed by atoms with E-state index >= 15 is 0 Å². The number of rotatable bonds is 8. The van der Waals surface area contributed by atoms with Crippen LogP contribution in [0.1, 0.15) is 42.3 Å². The van der Waals surface area contributed by atoms with Crippen LogP contribution in [0, 0.1) is 6.92 Å². The first kappa shape index (κ1) is 22.8. The highest BCUT2D eigenvalue weighted by atomic mass is 127. The Morgan fingerprint density at radius 2 is 2.12 bits per heavy atom. The number of nitrogens with one attached hydrogen (secondary N) is 3. The third-order valence-corrected chi connectivity index (χ3v) is 4.63. The Morgan fingerprint density at radius 3 is 2.77 bits per heavy atom. The second-order valence-electron chi connectivity index (χ2n) is 6.35. The Morgan fingerprint density at radius 1 is 1.35 bits per heavy atom. The minimum absolute atomic E-state index is 0. The fourth-order valence-corrected chi connectivity index (χ4v) is 3.16. The van der Waals surface area contributed by atoms with E-state index in [4.69, 9.17) is 4.42 Å².